The highest BCUT2D eigenvalue weighted by atomic mass is 32.1. The zero-order valence-corrected chi connectivity index (χ0v) is 12.2. The van der Waals surface area contributed by atoms with Gasteiger partial charge in [-0.15, -0.1) is 11.3 Å². The van der Waals surface area contributed by atoms with Crippen molar-refractivity contribution in [3.05, 3.63) is 11.1 Å². The second-order valence-corrected chi connectivity index (χ2v) is 6.14. The fraction of sp³-hybridized carbons (Fsp3) is 0.692. The maximum absolute atomic E-state index is 12.6. The summed E-state index contributed by atoms with van der Waals surface area (Å²) in [6.07, 6.45) is 1.71. The van der Waals surface area contributed by atoms with Gasteiger partial charge in [-0.25, -0.2) is 4.98 Å². The van der Waals surface area contributed by atoms with Crippen molar-refractivity contribution in [2.75, 3.05) is 32.1 Å². The van der Waals surface area contributed by atoms with E-state index in [9.17, 15) is 9.90 Å². The SMILES string of the molecule is CNc1nc(C(=O)N2CCOC3C[C@H](CO)C[C@@H]32)cs1. The number of aliphatic hydroxyl groups is 1. The van der Waals surface area contributed by atoms with Gasteiger partial charge in [0.25, 0.3) is 5.91 Å². The molecule has 1 amide bonds. The van der Waals surface area contributed by atoms with Gasteiger partial charge in [-0.3, -0.25) is 4.79 Å². The van der Waals surface area contributed by atoms with E-state index in [1.54, 1.807) is 12.4 Å². The van der Waals surface area contributed by atoms with E-state index in [0.29, 0.717) is 18.8 Å². The van der Waals surface area contributed by atoms with Gasteiger partial charge in [0.2, 0.25) is 0 Å². The average molecular weight is 297 g/mol. The zero-order valence-electron chi connectivity index (χ0n) is 11.4. The molecule has 2 fully saturated rings. The van der Waals surface area contributed by atoms with Gasteiger partial charge in [-0.1, -0.05) is 0 Å². The molecule has 1 aromatic heterocycles. The van der Waals surface area contributed by atoms with Gasteiger partial charge in [-0.2, -0.15) is 0 Å². The molecule has 2 heterocycles. The molecule has 1 saturated heterocycles. The molecule has 110 valence electrons. The highest BCUT2D eigenvalue weighted by molar-refractivity contribution is 7.13. The van der Waals surface area contributed by atoms with Gasteiger partial charge < -0.3 is 20.1 Å². The number of anilines is 1. The molecule has 0 aromatic carbocycles. The maximum atomic E-state index is 12.6. The highest BCUT2D eigenvalue weighted by Crippen LogP contribution is 2.34. The van der Waals surface area contributed by atoms with E-state index in [1.165, 1.54) is 11.3 Å². The lowest BCUT2D eigenvalue weighted by molar-refractivity contribution is -0.0450. The number of ether oxygens (including phenoxy) is 1. The predicted octanol–water partition coefficient (Wildman–Crippen LogP) is 0.797. The first-order valence-corrected chi connectivity index (χ1v) is 7.77. The Labute approximate surface area is 121 Å². The third-order valence-electron chi connectivity index (χ3n) is 4.09. The summed E-state index contributed by atoms with van der Waals surface area (Å²) in [6, 6.07) is 0.0770. The molecule has 0 radical (unpaired) electrons. The summed E-state index contributed by atoms with van der Waals surface area (Å²) in [4.78, 5) is 18.7. The van der Waals surface area contributed by atoms with Crippen molar-refractivity contribution < 1.29 is 14.6 Å². The number of carbonyl (C=O) groups is 1. The molecule has 1 aromatic rings. The van der Waals surface area contributed by atoms with Crippen LogP contribution in [0.4, 0.5) is 5.13 Å². The van der Waals surface area contributed by atoms with E-state index < -0.39 is 0 Å². The van der Waals surface area contributed by atoms with Crippen LogP contribution in [-0.2, 0) is 4.74 Å². The van der Waals surface area contributed by atoms with Gasteiger partial charge in [0.1, 0.15) is 5.69 Å². The Morgan fingerprint density at radius 3 is 3.20 bits per heavy atom. The number of rotatable bonds is 3. The zero-order chi connectivity index (χ0) is 14.1. The smallest absolute Gasteiger partial charge is 0.273 e. The average Bonchev–Trinajstić information content (AvgIpc) is 3.11. The van der Waals surface area contributed by atoms with Crippen LogP contribution in [0.25, 0.3) is 0 Å². The van der Waals surface area contributed by atoms with E-state index in [2.05, 4.69) is 10.3 Å². The summed E-state index contributed by atoms with van der Waals surface area (Å²) in [6.45, 7) is 1.33. The van der Waals surface area contributed by atoms with Gasteiger partial charge in [0.05, 0.1) is 18.8 Å². The first-order chi connectivity index (χ1) is 9.72. The number of nitrogens with one attached hydrogen (secondary N) is 1. The highest BCUT2D eigenvalue weighted by Gasteiger charge is 2.43. The topological polar surface area (TPSA) is 74.7 Å². The quantitative estimate of drug-likeness (QED) is 0.863. The molecule has 1 aliphatic heterocycles. The summed E-state index contributed by atoms with van der Waals surface area (Å²) in [5, 5.41) is 14.8. The fourth-order valence-corrected chi connectivity index (χ4v) is 3.73. The van der Waals surface area contributed by atoms with Crippen molar-refractivity contribution >= 4 is 22.4 Å². The fourth-order valence-electron chi connectivity index (χ4n) is 3.09. The van der Waals surface area contributed by atoms with E-state index in [1.807, 2.05) is 4.90 Å². The third kappa shape index (κ3) is 2.41. The molecule has 6 nitrogen and oxygen atoms in total. The molecule has 0 bridgehead atoms. The number of aliphatic hydroxyl groups excluding tert-OH is 1. The standard InChI is InChI=1S/C13H19N3O3S/c1-14-13-15-9(7-20-13)12(18)16-2-3-19-11-5-8(6-17)4-10(11)16/h7-8,10-11,17H,2-6H2,1H3,(H,14,15)/t8-,10+,11?/m1/s1. The summed E-state index contributed by atoms with van der Waals surface area (Å²) < 4.78 is 5.74. The molecule has 3 rings (SSSR count). The minimum atomic E-state index is -0.0281. The predicted molar refractivity (Wildman–Crippen MR) is 76.0 cm³/mol. The van der Waals surface area contributed by atoms with Crippen molar-refractivity contribution in [2.45, 2.75) is 25.0 Å². The molecule has 2 N–H and O–H groups in total. The Bertz CT molecular complexity index is 493. The summed E-state index contributed by atoms with van der Waals surface area (Å²) >= 11 is 1.43. The number of hydrogen-bond acceptors (Lipinski definition) is 6. The van der Waals surface area contributed by atoms with Crippen LogP contribution in [-0.4, -0.2) is 59.8 Å². The first-order valence-electron chi connectivity index (χ1n) is 6.89. The second-order valence-electron chi connectivity index (χ2n) is 5.28. The van der Waals surface area contributed by atoms with E-state index in [4.69, 9.17) is 4.74 Å². The number of amides is 1. The maximum Gasteiger partial charge on any atom is 0.273 e. The largest absolute Gasteiger partial charge is 0.396 e. The second kappa shape index (κ2) is 5.67. The molecule has 20 heavy (non-hydrogen) atoms. The molecule has 2 aliphatic rings. The number of hydrogen-bond donors (Lipinski definition) is 2. The van der Waals surface area contributed by atoms with Crippen LogP contribution in [0.5, 0.6) is 0 Å². The Kier molecular flexibility index (Phi) is 3.91. The van der Waals surface area contributed by atoms with Gasteiger partial charge in [0.15, 0.2) is 5.13 Å². The number of morpholine rings is 1. The number of nitrogens with zero attached hydrogens (tertiary/aromatic N) is 2. The first kappa shape index (κ1) is 13.8. The molecule has 7 heteroatoms. The molecule has 1 unspecified atom stereocenters. The molecular formula is C13H19N3O3S. The van der Waals surface area contributed by atoms with Crippen LogP contribution in [0.3, 0.4) is 0 Å². The summed E-state index contributed by atoms with van der Waals surface area (Å²) in [5.74, 6) is 0.210. The van der Waals surface area contributed by atoms with Crippen LogP contribution in [0, 0.1) is 5.92 Å². The number of aromatic nitrogens is 1. The number of carbonyl (C=O) groups excluding carboxylic acids is 1. The summed E-state index contributed by atoms with van der Waals surface area (Å²) in [5.41, 5.74) is 0.493. The Morgan fingerprint density at radius 1 is 1.65 bits per heavy atom. The molecular weight excluding hydrogens is 278 g/mol. The molecule has 1 aliphatic carbocycles. The van der Waals surface area contributed by atoms with Crippen molar-refractivity contribution in [1.82, 2.24) is 9.88 Å². The van der Waals surface area contributed by atoms with Crippen molar-refractivity contribution in [3.8, 4) is 0 Å². The van der Waals surface area contributed by atoms with E-state index in [-0.39, 0.29) is 30.6 Å². The molecule has 1 saturated carbocycles. The van der Waals surface area contributed by atoms with Crippen molar-refractivity contribution in [1.29, 1.82) is 0 Å². The van der Waals surface area contributed by atoms with Gasteiger partial charge in [0, 0.05) is 25.6 Å². The van der Waals surface area contributed by atoms with Crippen LogP contribution in [0.2, 0.25) is 0 Å². The van der Waals surface area contributed by atoms with Crippen LogP contribution in [0.1, 0.15) is 23.3 Å². The van der Waals surface area contributed by atoms with Gasteiger partial charge in [-0.05, 0) is 18.8 Å². The summed E-state index contributed by atoms with van der Waals surface area (Å²) in [7, 11) is 1.79. The monoisotopic (exact) mass is 297 g/mol. The van der Waals surface area contributed by atoms with Gasteiger partial charge >= 0.3 is 0 Å². The van der Waals surface area contributed by atoms with Crippen LogP contribution < -0.4 is 5.32 Å². The lowest BCUT2D eigenvalue weighted by atomic mass is 10.1. The van der Waals surface area contributed by atoms with E-state index in [0.717, 1.165) is 18.0 Å². The minimum Gasteiger partial charge on any atom is -0.396 e. The van der Waals surface area contributed by atoms with E-state index >= 15 is 0 Å². The van der Waals surface area contributed by atoms with Crippen LogP contribution in [0.15, 0.2) is 5.38 Å². The lowest BCUT2D eigenvalue weighted by Gasteiger charge is -2.37. The Hall–Kier alpha value is -1.18. The minimum absolute atomic E-state index is 0.0281. The number of fused-ring (bicyclic) bond motifs is 1. The molecule has 0 spiro atoms. The Morgan fingerprint density at radius 2 is 2.50 bits per heavy atom. The van der Waals surface area contributed by atoms with Crippen molar-refractivity contribution in [3.63, 3.8) is 0 Å². The molecule has 3 atom stereocenters. The van der Waals surface area contributed by atoms with Crippen LogP contribution >= 0.6 is 11.3 Å². The van der Waals surface area contributed by atoms with Crippen molar-refractivity contribution in [2.24, 2.45) is 5.92 Å². The third-order valence-corrected chi connectivity index (χ3v) is 4.95. The normalized spacial score (nSPS) is 29.3. The number of thiazole rings is 1. The lowest BCUT2D eigenvalue weighted by Crippen LogP contribution is -2.51. The Balaban J connectivity index is 1.76.